The number of methoxy groups -OCH3 is 1. The summed E-state index contributed by atoms with van der Waals surface area (Å²) in [6.07, 6.45) is 2.03. The van der Waals surface area contributed by atoms with Crippen molar-refractivity contribution >= 4 is 21.6 Å². The van der Waals surface area contributed by atoms with E-state index in [4.69, 9.17) is 10.5 Å². The number of rotatable bonds is 7. The highest BCUT2D eigenvalue weighted by molar-refractivity contribution is 9.10. The van der Waals surface area contributed by atoms with Crippen molar-refractivity contribution in [3.8, 4) is 0 Å². The van der Waals surface area contributed by atoms with Crippen LogP contribution in [0.4, 0.5) is 5.69 Å². The summed E-state index contributed by atoms with van der Waals surface area (Å²) in [7, 11) is 1.72. The van der Waals surface area contributed by atoms with Crippen LogP contribution in [0, 0.1) is 6.92 Å². The van der Waals surface area contributed by atoms with Crippen molar-refractivity contribution in [2.24, 2.45) is 5.73 Å². The van der Waals surface area contributed by atoms with Crippen molar-refractivity contribution in [1.29, 1.82) is 0 Å². The average Bonchev–Trinajstić information content (AvgIpc) is 2.31. The van der Waals surface area contributed by atoms with Crippen LogP contribution in [-0.4, -0.2) is 26.3 Å². The van der Waals surface area contributed by atoms with E-state index in [0.717, 1.165) is 29.5 Å². The second-order valence-electron chi connectivity index (χ2n) is 4.19. The maximum Gasteiger partial charge on any atom is 0.0664 e. The van der Waals surface area contributed by atoms with Crippen LogP contribution in [-0.2, 0) is 4.74 Å². The minimum atomic E-state index is 0.318. The summed E-state index contributed by atoms with van der Waals surface area (Å²) in [5, 5.41) is 3.47. The minimum absolute atomic E-state index is 0.318. The van der Waals surface area contributed by atoms with E-state index in [1.54, 1.807) is 7.11 Å². The van der Waals surface area contributed by atoms with Crippen molar-refractivity contribution in [2.75, 3.05) is 25.6 Å². The maximum absolute atomic E-state index is 5.53. The molecule has 0 bridgehead atoms. The summed E-state index contributed by atoms with van der Waals surface area (Å²) in [5.41, 5.74) is 7.88. The Balaban J connectivity index is 2.61. The first-order valence-corrected chi connectivity index (χ1v) is 6.68. The SMILES string of the molecule is COCC(CCCN)Nc1ccc(C)c(Br)c1. The van der Waals surface area contributed by atoms with Gasteiger partial charge in [-0.05, 0) is 44.0 Å². The van der Waals surface area contributed by atoms with Gasteiger partial charge in [-0.3, -0.25) is 0 Å². The third kappa shape index (κ3) is 5.06. The Morgan fingerprint density at radius 3 is 2.82 bits per heavy atom. The smallest absolute Gasteiger partial charge is 0.0664 e. The second kappa shape index (κ2) is 7.69. The van der Waals surface area contributed by atoms with Crippen LogP contribution in [0.5, 0.6) is 0 Å². The van der Waals surface area contributed by atoms with Gasteiger partial charge < -0.3 is 15.8 Å². The average molecular weight is 301 g/mol. The number of halogens is 1. The molecule has 0 aromatic heterocycles. The zero-order valence-electron chi connectivity index (χ0n) is 10.5. The fourth-order valence-electron chi connectivity index (χ4n) is 1.68. The number of nitrogens with two attached hydrogens (primary N) is 1. The zero-order valence-corrected chi connectivity index (χ0v) is 12.1. The number of hydrogen-bond acceptors (Lipinski definition) is 3. The largest absolute Gasteiger partial charge is 0.383 e. The molecule has 0 amide bonds. The second-order valence-corrected chi connectivity index (χ2v) is 5.05. The van der Waals surface area contributed by atoms with Crippen molar-refractivity contribution in [2.45, 2.75) is 25.8 Å². The monoisotopic (exact) mass is 300 g/mol. The van der Waals surface area contributed by atoms with Crippen molar-refractivity contribution < 1.29 is 4.74 Å². The Kier molecular flexibility index (Phi) is 6.55. The van der Waals surface area contributed by atoms with E-state index < -0.39 is 0 Å². The predicted octanol–water partition coefficient (Wildman–Crippen LogP) is 2.92. The third-order valence-electron chi connectivity index (χ3n) is 2.67. The normalized spacial score (nSPS) is 12.5. The van der Waals surface area contributed by atoms with Gasteiger partial charge in [0.1, 0.15) is 0 Å². The summed E-state index contributed by atoms with van der Waals surface area (Å²) in [6, 6.07) is 6.60. The van der Waals surface area contributed by atoms with E-state index in [1.165, 1.54) is 5.56 Å². The van der Waals surface area contributed by atoms with E-state index >= 15 is 0 Å². The molecule has 96 valence electrons. The molecule has 0 saturated carbocycles. The molecule has 0 fully saturated rings. The number of aryl methyl sites for hydroxylation is 1. The molecule has 1 atom stereocenters. The molecule has 0 radical (unpaired) electrons. The minimum Gasteiger partial charge on any atom is -0.383 e. The third-order valence-corrected chi connectivity index (χ3v) is 3.52. The van der Waals surface area contributed by atoms with Crippen LogP contribution in [0.15, 0.2) is 22.7 Å². The van der Waals surface area contributed by atoms with Gasteiger partial charge in [-0.15, -0.1) is 0 Å². The molecular weight excluding hydrogens is 280 g/mol. The van der Waals surface area contributed by atoms with E-state index in [-0.39, 0.29) is 0 Å². The van der Waals surface area contributed by atoms with Gasteiger partial charge in [0.05, 0.1) is 6.61 Å². The summed E-state index contributed by atoms with van der Waals surface area (Å²) in [5.74, 6) is 0. The van der Waals surface area contributed by atoms with Gasteiger partial charge in [-0.2, -0.15) is 0 Å². The summed E-state index contributed by atoms with van der Waals surface area (Å²) >= 11 is 3.54. The topological polar surface area (TPSA) is 47.3 Å². The first-order chi connectivity index (χ1) is 8.17. The number of ether oxygens (including phenoxy) is 1. The number of hydrogen-bond donors (Lipinski definition) is 2. The molecule has 0 spiro atoms. The molecule has 0 aliphatic rings. The molecule has 4 heteroatoms. The number of anilines is 1. The lowest BCUT2D eigenvalue weighted by molar-refractivity contribution is 0.182. The van der Waals surface area contributed by atoms with Crippen LogP contribution in [0.1, 0.15) is 18.4 Å². The lowest BCUT2D eigenvalue weighted by Crippen LogP contribution is -2.25. The molecule has 0 heterocycles. The van der Waals surface area contributed by atoms with Crippen LogP contribution in [0.2, 0.25) is 0 Å². The van der Waals surface area contributed by atoms with Crippen LogP contribution >= 0.6 is 15.9 Å². The Morgan fingerprint density at radius 1 is 1.47 bits per heavy atom. The van der Waals surface area contributed by atoms with Gasteiger partial charge in [0.2, 0.25) is 0 Å². The lowest BCUT2D eigenvalue weighted by atomic mass is 10.1. The van der Waals surface area contributed by atoms with E-state index in [0.29, 0.717) is 12.6 Å². The molecule has 1 aromatic carbocycles. The predicted molar refractivity (Wildman–Crippen MR) is 76.5 cm³/mol. The van der Waals surface area contributed by atoms with Crippen LogP contribution in [0.25, 0.3) is 0 Å². The standard InChI is InChI=1S/C13H21BrN2O/c1-10-5-6-11(8-13(10)14)16-12(9-17-2)4-3-7-15/h5-6,8,12,16H,3-4,7,9,15H2,1-2H3. The summed E-state index contributed by atoms with van der Waals surface area (Å²) in [6.45, 7) is 3.50. The quantitative estimate of drug-likeness (QED) is 0.814. The molecule has 17 heavy (non-hydrogen) atoms. The molecule has 1 aromatic rings. The van der Waals surface area contributed by atoms with E-state index in [9.17, 15) is 0 Å². The van der Waals surface area contributed by atoms with Crippen molar-refractivity contribution in [1.82, 2.24) is 0 Å². The maximum atomic E-state index is 5.53. The highest BCUT2D eigenvalue weighted by Gasteiger charge is 2.08. The van der Waals surface area contributed by atoms with Gasteiger partial charge in [-0.1, -0.05) is 22.0 Å². The van der Waals surface area contributed by atoms with E-state index in [1.807, 2.05) is 0 Å². The fourth-order valence-corrected chi connectivity index (χ4v) is 2.06. The molecule has 1 unspecified atom stereocenters. The molecule has 3 nitrogen and oxygen atoms in total. The van der Waals surface area contributed by atoms with Gasteiger partial charge in [0, 0.05) is 23.3 Å². The Morgan fingerprint density at radius 2 is 2.24 bits per heavy atom. The van der Waals surface area contributed by atoms with Gasteiger partial charge in [0.15, 0.2) is 0 Å². The van der Waals surface area contributed by atoms with Crippen LogP contribution < -0.4 is 11.1 Å². The summed E-state index contributed by atoms with van der Waals surface area (Å²) < 4.78 is 6.33. The lowest BCUT2D eigenvalue weighted by Gasteiger charge is -2.19. The van der Waals surface area contributed by atoms with Gasteiger partial charge in [0.25, 0.3) is 0 Å². The number of benzene rings is 1. The zero-order chi connectivity index (χ0) is 12.7. The Labute approximate surface area is 112 Å². The highest BCUT2D eigenvalue weighted by Crippen LogP contribution is 2.21. The molecule has 0 aliphatic heterocycles. The molecule has 1 rings (SSSR count). The van der Waals surface area contributed by atoms with E-state index in [2.05, 4.69) is 46.4 Å². The van der Waals surface area contributed by atoms with Gasteiger partial charge >= 0.3 is 0 Å². The molecule has 0 saturated heterocycles. The molecule has 3 N–H and O–H groups in total. The molecular formula is C13H21BrN2O. The first kappa shape index (κ1) is 14.5. The molecule has 0 aliphatic carbocycles. The Bertz CT molecular complexity index is 344. The van der Waals surface area contributed by atoms with Crippen molar-refractivity contribution in [3.05, 3.63) is 28.2 Å². The summed E-state index contributed by atoms with van der Waals surface area (Å²) in [4.78, 5) is 0. The number of nitrogens with one attached hydrogen (secondary N) is 1. The highest BCUT2D eigenvalue weighted by atomic mass is 79.9. The first-order valence-electron chi connectivity index (χ1n) is 5.89. The van der Waals surface area contributed by atoms with Gasteiger partial charge in [-0.25, -0.2) is 0 Å². The van der Waals surface area contributed by atoms with Crippen molar-refractivity contribution in [3.63, 3.8) is 0 Å². The Hall–Kier alpha value is -0.580. The van der Waals surface area contributed by atoms with Crippen LogP contribution in [0.3, 0.4) is 0 Å². The fraction of sp³-hybridized carbons (Fsp3) is 0.538.